The Hall–Kier alpha value is -2.68. The molecule has 9 heteroatoms. The number of hydrogen-bond acceptors (Lipinski definition) is 6. The molecule has 7 nitrogen and oxygen atoms in total. The van der Waals surface area contributed by atoms with Gasteiger partial charge in [-0.2, -0.15) is 4.39 Å². The fraction of sp³-hybridized carbons (Fsp3) is 0.294. The monoisotopic (exact) mass is 382 g/mol. The average Bonchev–Trinajstić information content (AvgIpc) is 2.57. The van der Waals surface area contributed by atoms with E-state index in [0.29, 0.717) is 25.3 Å². The van der Waals surface area contributed by atoms with Gasteiger partial charge in [-0.3, -0.25) is 10.1 Å². The number of para-hydroxylation sites is 1. The van der Waals surface area contributed by atoms with Crippen LogP contribution in [0.4, 0.5) is 15.8 Å². The summed E-state index contributed by atoms with van der Waals surface area (Å²) in [6.45, 7) is 0.747. The van der Waals surface area contributed by atoms with E-state index in [1.165, 1.54) is 24.3 Å². The van der Waals surface area contributed by atoms with Crippen molar-refractivity contribution in [3.8, 4) is 5.75 Å². The molecule has 2 rings (SSSR count). The van der Waals surface area contributed by atoms with Crippen LogP contribution in [0.2, 0.25) is 0 Å². The first kappa shape index (κ1) is 19.6. The second-order valence-corrected chi connectivity index (χ2v) is 7.75. The van der Waals surface area contributed by atoms with Gasteiger partial charge in [0.15, 0.2) is 9.84 Å². The Labute approximate surface area is 151 Å². The van der Waals surface area contributed by atoms with E-state index in [2.05, 4.69) is 0 Å². The third-order valence-electron chi connectivity index (χ3n) is 3.72. The van der Waals surface area contributed by atoms with Crippen molar-refractivity contribution in [2.45, 2.75) is 11.3 Å². The zero-order chi connectivity index (χ0) is 19.3. The highest BCUT2D eigenvalue weighted by molar-refractivity contribution is 7.90. The maximum Gasteiger partial charge on any atom is 0.327 e. The summed E-state index contributed by atoms with van der Waals surface area (Å²) in [6.07, 6.45) is 1.67. The molecule has 0 bridgehead atoms. The number of nitrogens with zero attached hydrogens (tertiary/aromatic N) is 2. The van der Waals surface area contributed by atoms with Crippen molar-refractivity contribution in [3.63, 3.8) is 0 Å². The van der Waals surface area contributed by atoms with Crippen LogP contribution in [0, 0.1) is 15.9 Å². The smallest absolute Gasteiger partial charge is 0.327 e. The van der Waals surface area contributed by atoms with Crippen LogP contribution in [0.3, 0.4) is 0 Å². The molecule has 0 amide bonds. The van der Waals surface area contributed by atoms with Crippen molar-refractivity contribution in [2.75, 3.05) is 31.4 Å². The lowest BCUT2D eigenvalue weighted by molar-refractivity contribution is -0.386. The summed E-state index contributed by atoms with van der Waals surface area (Å²) in [5.74, 6) is -0.349. The van der Waals surface area contributed by atoms with Gasteiger partial charge in [0.2, 0.25) is 5.82 Å². The average molecular weight is 382 g/mol. The predicted molar refractivity (Wildman–Crippen MR) is 96.0 cm³/mol. The molecule has 0 radical (unpaired) electrons. The van der Waals surface area contributed by atoms with Crippen LogP contribution in [0.1, 0.15) is 6.42 Å². The van der Waals surface area contributed by atoms with Crippen LogP contribution in [0.15, 0.2) is 47.4 Å². The predicted octanol–water partition coefficient (Wildman–Crippen LogP) is 3.04. The summed E-state index contributed by atoms with van der Waals surface area (Å²) in [7, 11) is -1.61. The number of nitro groups is 1. The van der Waals surface area contributed by atoms with Crippen molar-refractivity contribution >= 4 is 21.2 Å². The Bertz CT molecular complexity index is 885. The molecule has 0 N–H and O–H groups in total. The number of anilines is 1. The number of ether oxygens (including phenoxy) is 1. The molecule has 2 aromatic rings. The summed E-state index contributed by atoms with van der Waals surface area (Å²) in [5, 5.41) is 11.0. The van der Waals surface area contributed by atoms with E-state index in [4.69, 9.17) is 4.74 Å². The third kappa shape index (κ3) is 4.92. The largest absolute Gasteiger partial charge is 0.494 e. The fourth-order valence-corrected chi connectivity index (χ4v) is 3.02. The first-order chi connectivity index (χ1) is 12.2. The lowest BCUT2D eigenvalue weighted by Crippen LogP contribution is -2.21. The van der Waals surface area contributed by atoms with E-state index in [-0.39, 0.29) is 10.6 Å². The number of benzene rings is 2. The zero-order valence-corrected chi connectivity index (χ0v) is 15.2. The third-order valence-corrected chi connectivity index (χ3v) is 4.85. The molecule has 0 heterocycles. The number of halogens is 1. The number of rotatable bonds is 8. The Morgan fingerprint density at radius 2 is 1.85 bits per heavy atom. The summed E-state index contributed by atoms with van der Waals surface area (Å²) >= 11 is 0. The summed E-state index contributed by atoms with van der Waals surface area (Å²) < 4.78 is 42.0. The molecule has 0 aliphatic rings. The summed E-state index contributed by atoms with van der Waals surface area (Å²) in [6, 6.07) is 10.0. The first-order valence-corrected chi connectivity index (χ1v) is 9.66. The SMILES string of the molecule is CN(CCCOc1ccc(S(C)(=O)=O)cc1)c1cccc(F)c1[N+](=O)[O-]. The number of sulfone groups is 1. The minimum absolute atomic E-state index is 0.201. The quantitative estimate of drug-likeness (QED) is 0.396. The van der Waals surface area contributed by atoms with Crippen LogP contribution in [-0.2, 0) is 9.84 Å². The van der Waals surface area contributed by atoms with E-state index >= 15 is 0 Å². The van der Waals surface area contributed by atoms with Crippen molar-refractivity contribution in [2.24, 2.45) is 0 Å². The van der Waals surface area contributed by atoms with E-state index < -0.39 is 26.3 Å². The molecule has 0 fully saturated rings. The Morgan fingerprint density at radius 3 is 2.42 bits per heavy atom. The van der Waals surface area contributed by atoms with Crippen LogP contribution < -0.4 is 9.64 Å². The lowest BCUT2D eigenvalue weighted by Gasteiger charge is -2.19. The van der Waals surface area contributed by atoms with Crippen LogP contribution in [-0.4, -0.2) is 39.8 Å². The molecule has 0 atom stereocenters. The number of nitro benzene ring substituents is 1. The molecule has 0 spiro atoms. The maximum atomic E-state index is 13.7. The van der Waals surface area contributed by atoms with Gasteiger partial charge < -0.3 is 9.64 Å². The molecule has 26 heavy (non-hydrogen) atoms. The van der Waals surface area contributed by atoms with E-state index in [0.717, 1.165) is 12.3 Å². The second-order valence-electron chi connectivity index (χ2n) is 5.73. The minimum Gasteiger partial charge on any atom is -0.494 e. The molecule has 0 aliphatic heterocycles. The molecule has 0 aliphatic carbocycles. The molecule has 0 unspecified atom stereocenters. The van der Waals surface area contributed by atoms with Gasteiger partial charge in [-0.05, 0) is 42.8 Å². The molecule has 140 valence electrons. The normalized spacial score (nSPS) is 11.2. The highest BCUT2D eigenvalue weighted by Crippen LogP contribution is 2.30. The standard InChI is InChI=1S/C17H19FN2O5S/c1-19(16-6-3-5-15(18)17(16)20(21)22)11-4-12-25-13-7-9-14(10-8-13)26(2,23)24/h3,5-10H,4,11-12H2,1-2H3. The first-order valence-electron chi connectivity index (χ1n) is 7.77. The second kappa shape index (κ2) is 8.13. The molecule has 0 aromatic heterocycles. The molecule has 0 saturated carbocycles. The van der Waals surface area contributed by atoms with Crippen LogP contribution in [0.25, 0.3) is 0 Å². The van der Waals surface area contributed by atoms with Gasteiger partial charge in [0.25, 0.3) is 0 Å². The lowest BCUT2D eigenvalue weighted by atomic mass is 10.2. The fourth-order valence-electron chi connectivity index (χ4n) is 2.39. The van der Waals surface area contributed by atoms with Gasteiger partial charge in [0, 0.05) is 19.8 Å². The van der Waals surface area contributed by atoms with Crippen molar-refractivity contribution in [1.82, 2.24) is 0 Å². The maximum absolute atomic E-state index is 13.7. The van der Waals surface area contributed by atoms with Gasteiger partial charge in [-0.1, -0.05) is 6.07 Å². The van der Waals surface area contributed by atoms with Crippen LogP contribution in [0.5, 0.6) is 5.75 Å². The Kier molecular flexibility index (Phi) is 6.14. The van der Waals surface area contributed by atoms with E-state index in [9.17, 15) is 22.9 Å². The summed E-state index contributed by atoms with van der Waals surface area (Å²) in [5.41, 5.74) is -0.347. The Morgan fingerprint density at radius 1 is 1.19 bits per heavy atom. The van der Waals surface area contributed by atoms with Crippen molar-refractivity contribution < 1.29 is 22.5 Å². The summed E-state index contributed by atoms with van der Waals surface area (Å²) in [4.78, 5) is 12.1. The highest BCUT2D eigenvalue weighted by atomic mass is 32.2. The zero-order valence-electron chi connectivity index (χ0n) is 14.4. The topological polar surface area (TPSA) is 89.8 Å². The van der Waals surface area contributed by atoms with Gasteiger partial charge in [0.1, 0.15) is 11.4 Å². The molecule has 0 saturated heterocycles. The van der Waals surface area contributed by atoms with E-state index in [1.807, 2.05) is 0 Å². The molecule has 2 aromatic carbocycles. The van der Waals surface area contributed by atoms with Gasteiger partial charge in [-0.15, -0.1) is 0 Å². The van der Waals surface area contributed by atoms with Crippen LogP contribution >= 0.6 is 0 Å². The highest BCUT2D eigenvalue weighted by Gasteiger charge is 2.22. The van der Waals surface area contributed by atoms with Gasteiger partial charge in [0.05, 0.1) is 16.4 Å². The van der Waals surface area contributed by atoms with E-state index in [1.54, 1.807) is 24.1 Å². The number of hydrogen-bond donors (Lipinski definition) is 0. The van der Waals surface area contributed by atoms with Crippen molar-refractivity contribution in [1.29, 1.82) is 0 Å². The van der Waals surface area contributed by atoms with Gasteiger partial charge in [-0.25, -0.2) is 8.42 Å². The Balaban J connectivity index is 1.91. The van der Waals surface area contributed by atoms with Gasteiger partial charge >= 0.3 is 5.69 Å². The molecular formula is C17H19FN2O5S. The molecular weight excluding hydrogens is 363 g/mol. The van der Waals surface area contributed by atoms with Crippen molar-refractivity contribution in [3.05, 3.63) is 58.4 Å². The minimum atomic E-state index is -3.25.